The summed E-state index contributed by atoms with van der Waals surface area (Å²) in [5.41, 5.74) is 2.69. The lowest BCUT2D eigenvalue weighted by Crippen LogP contribution is -1.68. The van der Waals surface area contributed by atoms with Gasteiger partial charge in [-0.2, -0.15) is 12.6 Å². The van der Waals surface area contributed by atoms with E-state index >= 15 is 0 Å². The minimum Gasteiger partial charge on any atom is -0.152 e. The minimum absolute atomic E-state index is 1.06. The molecule has 0 nitrogen and oxygen atoms in total. The number of hydrogen-bond donors (Lipinski definition) is 1. The molecule has 0 aliphatic carbocycles. The first kappa shape index (κ1) is 8.96. The zero-order valence-corrected chi connectivity index (χ0v) is 6.92. The van der Waals surface area contributed by atoms with Gasteiger partial charge in [0.1, 0.15) is 0 Å². The second-order valence-corrected chi connectivity index (χ2v) is 2.64. The summed E-state index contributed by atoms with van der Waals surface area (Å²) in [6.45, 7) is 3.44. The van der Waals surface area contributed by atoms with Crippen molar-refractivity contribution in [3.8, 4) is 0 Å². The summed E-state index contributed by atoms with van der Waals surface area (Å²) in [6, 6.07) is 0. The van der Waals surface area contributed by atoms with E-state index in [0.29, 0.717) is 0 Å². The molecule has 0 rings (SSSR count). The Morgan fingerprint density at radius 3 is 3.00 bits per heavy atom. The molecule has 0 aromatic heterocycles. The van der Waals surface area contributed by atoms with Crippen molar-refractivity contribution < 1.29 is 0 Å². The smallest absolute Gasteiger partial charge is 0.0122 e. The van der Waals surface area contributed by atoms with E-state index in [1.807, 2.05) is 11.5 Å². The molecule has 0 aliphatic heterocycles. The first-order chi connectivity index (χ1) is 4.41. The molecule has 0 radical (unpaired) electrons. The Labute approximate surface area is 66.1 Å². The van der Waals surface area contributed by atoms with Gasteiger partial charge in [0.25, 0.3) is 0 Å². The molecule has 0 fully saturated rings. The third kappa shape index (κ3) is 7.96. The van der Waals surface area contributed by atoms with Gasteiger partial charge in [0.2, 0.25) is 0 Å². The highest BCUT2D eigenvalue weighted by Gasteiger charge is 1.76. The largest absolute Gasteiger partial charge is 0.152 e. The fourth-order valence-corrected chi connectivity index (χ4v) is 0.985. The van der Waals surface area contributed by atoms with Crippen molar-refractivity contribution >= 4 is 24.4 Å². The van der Waals surface area contributed by atoms with Gasteiger partial charge in [0.15, 0.2) is 0 Å². The van der Waals surface area contributed by atoms with Crippen LogP contribution in [-0.4, -0.2) is 5.75 Å². The summed E-state index contributed by atoms with van der Waals surface area (Å²) in [5.74, 6) is 1.08. The first-order valence-electron chi connectivity index (χ1n) is 2.67. The van der Waals surface area contributed by atoms with Gasteiger partial charge < -0.3 is 0 Å². The summed E-state index contributed by atoms with van der Waals surface area (Å²) in [7, 11) is 0. The minimum atomic E-state index is 1.06. The molecule has 0 aromatic carbocycles. The number of allylic oxidation sites excluding steroid dienone is 1. The van der Waals surface area contributed by atoms with Crippen molar-refractivity contribution in [2.24, 2.45) is 0 Å². The Kier molecular flexibility index (Phi) is 7.92. The molecule has 0 aromatic rings. The van der Waals surface area contributed by atoms with Crippen LogP contribution in [0.2, 0.25) is 0 Å². The number of hydrogen-bond acceptors (Lipinski definition) is 2. The van der Waals surface area contributed by atoms with Crippen molar-refractivity contribution in [2.45, 2.75) is 6.42 Å². The van der Waals surface area contributed by atoms with Crippen molar-refractivity contribution in [1.82, 2.24) is 0 Å². The van der Waals surface area contributed by atoms with Gasteiger partial charge in [-0.25, -0.2) is 0 Å². The Balaban J connectivity index is 3.00. The molecule has 0 saturated heterocycles. The molecule has 0 unspecified atom stereocenters. The predicted molar refractivity (Wildman–Crippen MR) is 48.9 cm³/mol. The fraction of sp³-hybridized carbons (Fsp3) is 0.286. The maximum atomic E-state index is 3.92. The molecule has 50 valence electrons. The highest BCUT2D eigenvalue weighted by atomic mass is 32.2. The molecule has 9 heavy (non-hydrogen) atoms. The molecule has 0 bridgehead atoms. The van der Waals surface area contributed by atoms with Gasteiger partial charge >= 0.3 is 0 Å². The van der Waals surface area contributed by atoms with Gasteiger partial charge in [0, 0.05) is 11.2 Å². The summed E-state index contributed by atoms with van der Waals surface area (Å²) in [5, 5.41) is 3.63. The lowest BCUT2D eigenvalue weighted by Gasteiger charge is -1.85. The monoisotopic (exact) mass is 158 g/mol. The van der Waals surface area contributed by atoms with E-state index < -0.39 is 0 Å². The van der Waals surface area contributed by atoms with Gasteiger partial charge in [-0.1, -0.05) is 12.7 Å². The summed E-state index contributed by atoms with van der Waals surface area (Å²) >= 11 is 5.63. The third-order valence-corrected chi connectivity index (χ3v) is 1.69. The van der Waals surface area contributed by atoms with Crippen LogP contribution in [0.25, 0.3) is 0 Å². The lowest BCUT2D eigenvalue weighted by atomic mass is 10.5. The highest BCUT2D eigenvalue weighted by molar-refractivity contribution is 8.02. The van der Waals surface area contributed by atoms with E-state index in [1.165, 1.54) is 0 Å². The molecule has 0 amide bonds. The van der Waals surface area contributed by atoms with Crippen LogP contribution >= 0.6 is 24.4 Å². The van der Waals surface area contributed by atoms with Crippen LogP contribution in [0.5, 0.6) is 0 Å². The molecule has 0 spiro atoms. The second kappa shape index (κ2) is 7.96. The predicted octanol–water partition coefficient (Wildman–Crippen LogP) is 2.85. The van der Waals surface area contributed by atoms with Gasteiger partial charge in [-0.05, 0) is 11.8 Å². The maximum Gasteiger partial charge on any atom is 0.0122 e. The standard InChI is InChI=1S/C7H10S2/c1-2-6-9-7-4-3-5-8/h3,5-6,8H,1,4,7H2. The van der Waals surface area contributed by atoms with Crippen LogP contribution < -0.4 is 0 Å². The molecule has 0 atom stereocenters. The number of rotatable bonds is 4. The van der Waals surface area contributed by atoms with E-state index in [9.17, 15) is 0 Å². The fourth-order valence-electron chi connectivity index (χ4n) is 0.328. The summed E-state index contributed by atoms with van der Waals surface area (Å²) < 4.78 is 0. The average molecular weight is 158 g/mol. The van der Waals surface area contributed by atoms with Crippen LogP contribution in [0.1, 0.15) is 6.42 Å². The topological polar surface area (TPSA) is 0 Å². The van der Waals surface area contributed by atoms with E-state index in [4.69, 9.17) is 0 Å². The van der Waals surface area contributed by atoms with Gasteiger partial charge in [-0.3, -0.25) is 0 Å². The molecular weight excluding hydrogens is 148 g/mol. The Morgan fingerprint density at radius 2 is 2.44 bits per heavy atom. The van der Waals surface area contributed by atoms with Crippen molar-refractivity contribution in [1.29, 1.82) is 0 Å². The SMILES string of the molecule is C=C=CSCCC=CS. The van der Waals surface area contributed by atoms with Crippen LogP contribution in [0.4, 0.5) is 0 Å². The maximum absolute atomic E-state index is 3.92. The zero-order valence-electron chi connectivity index (χ0n) is 5.21. The van der Waals surface area contributed by atoms with Crippen molar-refractivity contribution in [2.75, 3.05) is 5.75 Å². The molecule has 0 aliphatic rings. The van der Waals surface area contributed by atoms with Crippen LogP contribution in [0.15, 0.2) is 29.2 Å². The highest BCUT2D eigenvalue weighted by Crippen LogP contribution is 2.02. The van der Waals surface area contributed by atoms with E-state index in [-0.39, 0.29) is 0 Å². The van der Waals surface area contributed by atoms with E-state index in [2.05, 4.69) is 24.9 Å². The third-order valence-electron chi connectivity index (χ3n) is 0.674. The summed E-state index contributed by atoms with van der Waals surface area (Å²) in [4.78, 5) is 0. The average Bonchev–Trinajstić information content (AvgIpc) is 1.89. The van der Waals surface area contributed by atoms with Crippen molar-refractivity contribution in [3.63, 3.8) is 0 Å². The Bertz CT molecular complexity index is 121. The van der Waals surface area contributed by atoms with Crippen LogP contribution in [-0.2, 0) is 0 Å². The first-order valence-corrected chi connectivity index (χ1v) is 4.23. The normalized spacial score (nSPS) is 9.44. The quantitative estimate of drug-likeness (QED) is 0.373. The zero-order chi connectivity index (χ0) is 6.95. The second-order valence-electron chi connectivity index (χ2n) is 1.37. The molecule has 0 saturated carbocycles. The van der Waals surface area contributed by atoms with Gasteiger partial charge in [0.05, 0.1) is 0 Å². The Morgan fingerprint density at radius 1 is 1.67 bits per heavy atom. The Hall–Kier alpha value is -0.0400. The van der Waals surface area contributed by atoms with Crippen LogP contribution in [0, 0.1) is 0 Å². The van der Waals surface area contributed by atoms with E-state index in [0.717, 1.165) is 12.2 Å². The van der Waals surface area contributed by atoms with Gasteiger partial charge in [-0.15, -0.1) is 17.5 Å². The van der Waals surface area contributed by atoms with Crippen LogP contribution in [0.3, 0.4) is 0 Å². The van der Waals surface area contributed by atoms with E-state index in [1.54, 1.807) is 17.2 Å². The van der Waals surface area contributed by atoms with Crippen molar-refractivity contribution in [3.05, 3.63) is 29.2 Å². The number of thiol groups is 1. The molecular formula is C7H10S2. The molecule has 2 heteroatoms. The molecule has 0 heterocycles. The lowest BCUT2D eigenvalue weighted by molar-refractivity contribution is 1.26. The number of thioether (sulfide) groups is 1. The molecule has 0 N–H and O–H groups in total. The summed E-state index contributed by atoms with van der Waals surface area (Å²) in [6.07, 6.45) is 3.08.